The van der Waals surface area contributed by atoms with Crippen LogP contribution < -0.4 is 15.5 Å². The van der Waals surface area contributed by atoms with Gasteiger partial charge in [-0.2, -0.15) is 11.8 Å². The van der Waals surface area contributed by atoms with E-state index >= 15 is 0 Å². The molecule has 2 heterocycles. The molecule has 0 unspecified atom stereocenters. The van der Waals surface area contributed by atoms with Crippen LogP contribution in [0.4, 0.5) is 5.69 Å². The molecule has 10 heteroatoms. The summed E-state index contributed by atoms with van der Waals surface area (Å²) >= 11 is 1.79. The monoisotopic (exact) mass is 439 g/mol. The van der Waals surface area contributed by atoms with Crippen LogP contribution in [0, 0.1) is 0 Å². The molecular formula is C19H29N5O3S2. The van der Waals surface area contributed by atoms with Crippen LogP contribution in [0.1, 0.15) is 18.4 Å². The topological polar surface area (TPSA) is 94.1 Å². The maximum Gasteiger partial charge on any atom is 0.227 e. The highest BCUT2D eigenvalue weighted by Crippen LogP contribution is 2.21. The zero-order valence-electron chi connectivity index (χ0n) is 16.8. The highest BCUT2D eigenvalue weighted by atomic mass is 32.2. The van der Waals surface area contributed by atoms with Crippen molar-refractivity contribution in [2.24, 2.45) is 4.99 Å². The van der Waals surface area contributed by atoms with Crippen molar-refractivity contribution in [3.63, 3.8) is 0 Å². The maximum atomic E-state index is 12.4. The number of anilines is 1. The van der Waals surface area contributed by atoms with Gasteiger partial charge in [-0.1, -0.05) is 12.1 Å². The van der Waals surface area contributed by atoms with Gasteiger partial charge in [-0.25, -0.2) is 12.7 Å². The van der Waals surface area contributed by atoms with E-state index in [4.69, 9.17) is 0 Å². The summed E-state index contributed by atoms with van der Waals surface area (Å²) in [5.74, 6) is 2.52. The summed E-state index contributed by atoms with van der Waals surface area (Å²) in [6, 6.07) is 7.89. The van der Waals surface area contributed by atoms with Crippen molar-refractivity contribution in [3.05, 3.63) is 29.8 Å². The number of hydrogen-bond acceptors (Lipinski definition) is 5. The largest absolute Gasteiger partial charge is 0.355 e. The number of aliphatic imine (C=N–C) groups is 1. The quantitative estimate of drug-likeness (QED) is 0.483. The lowest BCUT2D eigenvalue weighted by molar-refractivity contribution is -0.117. The second-order valence-corrected chi connectivity index (χ2v) is 10.3. The molecule has 1 amide bonds. The van der Waals surface area contributed by atoms with Gasteiger partial charge in [-0.3, -0.25) is 9.79 Å². The highest BCUT2D eigenvalue weighted by molar-refractivity contribution is 7.99. The summed E-state index contributed by atoms with van der Waals surface area (Å²) in [5, 5.41) is 6.27. The molecule has 29 heavy (non-hydrogen) atoms. The van der Waals surface area contributed by atoms with E-state index in [0.29, 0.717) is 38.6 Å². The van der Waals surface area contributed by atoms with Crippen LogP contribution in [0.25, 0.3) is 0 Å². The number of guanidine groups is 1. The van der Waals surface area contributed by atoms with Crippen molar-refractivity contribution in [1.82, 2.24) is 14.9 Å². The minimum absolute atomic E-state index is 0.0525. The van der Waals surface area contributed by atoms with Crippen molar-refractivity contribution in [3.8, 4) is 0 Å². The van der Waals surface area contributed by atoms with Crippen molar-refractivity contribution in [2.75, 3.05) is 55.4 Å². The van der Waals surface area contributed by atoms with E-state index in [1.165, 1.54) is 0 Å². The van der Waals surface area contributed by atoms with Crippen LogP contribution >= 0.6 is 11.8 Å². The predicted octanol–water partition coefficient (Wildman–Crippen LogP) is 0.857. The average molecular weight is 440 g/mol. The number of sulfonamides is 1. The van der Waals surface area contributed by atoms with E-state index in [2.05, 4.69) is 15.6 Å². The molecule has 2 aliphatic rings. The van der Waals surface area contributed by atoms with E-state index in [9.17, 15) is 13.2 Å². The third-order valence-corrected chi connectivity index (χ3v) is 7.84. The van der Waals surface area contributed by atoms with Crippen LogP contribution in [0.3, 0.4) is 0 Å². The molecule has 2 fully saturated rings. The average Bonchev–Trinajstić information content (AvgIpc) is 3.17. The van der Waals surface area contributed by atoms with E-state index in [-0.39, 0.29) is 11.7 Å². The Morgan fingerprint density at radius 3 is 2.48 bits per heavy atom. The molecule has 0 aromatic heterocycles. The minimum Gasteiger partial charge on any atom is -0.355 e. The van der Waals surface area contributed by atoms with Gasteiger partial charge in [0.25, 0.3) is 0 Å². The van der Waals surface area contributed by atoms with Crippen LogP contribution in [-0.4, -0.2) is 75.1 Å². The Bertz CT molecular complexity index is 821. The van der Waals surface area contributed by atoms with Crippen molar-refractivity contribution in [2.45, 2.75) is 19.4 Å². The van der Waals surface area contributed by atoms with Gasteiger partial charge in [0.15, 0.2) is 5.96 Å². The second-order valence-electron chi connectivity index (χ2n) is 7.00. The maximum absolute atomic E-state index is 12.4. The molecule has 1 aromatic carbocycles. The number of carbonyl (C=O) groups is 1. The Hall–Kier alpha value is -1.78. The van der Waals surface area contributed by atoms with Gasteiger partial charge in [0, 0.05) is 63.4 Å². The van der Waals surface area contributed by atoms with Crippen LogP contribution in [0.5, 0.6) is 0 Å². The Kier molecular flexibility index (Phi) is 7.79. The number of nitrogens with zero attached hydrogens (tertiary/aromatic N) is 3. The van der Waals surface area contributed by atoms with E-state index < -0.39 is 10.0 Å². The van der Waals surface area contributed by atoms with Gasteiger partial charge in [0.1, 0.15) is 0 Å². The van der Waals surface area contributed by atoms with Crippen LogP contribution in [0.15, 0.2) is 29.3 Å². The van der Waals surface area contributed by atoms with Crippen molar-refractivity contribution < 1.29 is 13.2 Å². The fourth-order valence-electron chi connectivity index (χ4n) is 3.37. The number of rotatable bonds is 7. The van der Waals surface area contributed by atoms with Crippen molar-refractivity contribution >= 4 is 39.3 Å². The standard InChI is InChI=1S/C19H29N5O3S2/c1-20-19(21-8-14-29(26,27)23-10-12-28-13-11-23)22-15-16-4-6-17(7-5-16)24-9-2-3-18(24)25/h4-7H,2-3,8-15H2,1H3,(H2,20,21,22). The van der Waals surface area contributed by atoms with E-state index in [1.54, 1.807) is 23.1 Å². The third kappa shape index (κ3) is 6.10. The Labute approximate surface area is 177 Å². The first-order valence-electron chi connectivity index (χ1n) is 9.89. The van der Waals surface area contributed by atoms with Gasteiger partial charge in [0.2, 0.25) is 15.9 Å². The fourth-order valence-corrected chi connectivity index (χ4v) is 5.86. The molecule has 0 aliphatic carbocycles. The molecule has 0 radical (unpaired) electrons. The molecule has 2 saturated heterocycles. The van der Waals surface area contributed by atoms with Crippen LogP contribution in [-0.2, 0) is 21.4 Å². The lowest BCUT2D eigenvalue weighted by Crippen LogP contribution is -2.44. The molecule has 1 aromatic rings. The molecule has 0 atom stereocenters. The SMILES string of the molecule is CN=C(NCCS(=O)(=O)N1CCSCC1)NCc1ccc(N2CCCC2=O)cc1. The van der Waals surface area contributed by atoms with Crippen molar-refractivity contribution in [1.29, 1.82) is 0 Å². The number of carbonyl (C=O) groups excluding carboxylic acids is 1. The van der Waals surface area contributed by atoms with Gasteiger partial charge < -0.3 is 15.5 Å². The first-order chi connectivity index (χ1) is 14.0. The Balaban J connectivity index is 1.43. The smallest absolute Gasteiger partial charge is 0.227 e. The first-order valence-corrected chi connectivity index (χ1v) is 12.7. The summed E-state index contributed by atoms with van der Waals surface area (Å²) in [6.45, 7) is 2.84. The molecule has 160 valence electrons. The summed E-state index contributed by atoms with van der Waals surface area (Å²) in [6.07, 6.45) is 1.54. The zero-order valence-corrected chi connectivity index (χ0v) is 18.4. The van der Waals surface area contributed by atoms with Gasteiger partial charge >= 0.3 is 0 Å². The van der Waals surface area contributed by atoms with Gasteiger partial charge in [0.05, 0.1) is 5.75 Å². The molecule has 0 spiro atoms. The normalized spacial score (nSPS) is 18.9. The second kappa shape index (κ2) is 10.3. The van der Waals surface area contributed by atoms with Gasteiger partial charge in [-0.15, -0.1) is 0 Å². The minimum atomic E-state index is -3.23. The number of benzene rings is 1. The van der Waals surface area contributed by atoms with Gasteiger partial charge in [-0.05, 0) is 24.1 Å². The molecule has 2 aliphatic heterocycles. The summed E-state index contributed by atoms with van der Waals surface area (Å²) in [7, 11) is -1.57. The molecule has 2 N–H and O–H groups in total. The summed E-state index contributed by atoms with van der Waals surface area (Å²) < 4.78 is 26.4. The predicted molar refractivity (Wildman–Crippen MR) is 119 cm³/mol. The highest BCUT2D eigenvalue weighted by Gasteiger charge is 2.24. The number of amides is 1. The Morgan fingerprint density at radius 1 is 1.14 bits per heavy atom. The summed E-state index contributed by atoms with van der Waals surface area (Å²) in [4.78, 5) is 17.8. The molecule has 0 bridgehead atoms. The molecular weight excluding hydrogens is 410 g/mol. The number of thioether (sulfide) groups is 1. The Morgan fingerprint density at radius 2 is 1.86 bits per heavy atom. The van der Waals surface area contributed by atoms with E-state index in [1.807, 2.05) is 29.2 Å². The molecule has 0 saturated carbocycles. The van der Waals surface area contributed by atoms with E-state index in [0.717, 1.165) is 35.7 Å². The number of hydrogen-bond donors (Lipinski definition) is 2. The number of nitrogens with one attached hydrogen (secondary N) is 2. The first kappa shape index (κ1) is 21.9. The third-order valence-electron chi connectivity index (χ3n) is 5.02. The molecule has 3 rings (SSSR count). The lowest BCUT2D eigenvalue weighted by atomic mass is 10.2. The summed E-state index contributed by atoms with van der Waals surface area (Å²) in [5.41, 5.74) is 1.99. The lowest BCUT2D eigenvalue weighted by Gasteiger charge is -2.25. The zero-order chi connectivity index (χ0) is 20.7. The van der Waals surface area contributed by atoms with Crippen LogP contribution in [0.2, 0.25) is 0 Å². The molecule has 8 nitrogen and oxygen atoms in total. The fraction of sp³-hybridized carbons (Fsp3) is 0.579.